The van der Waals surface area contributed by atoms with Crippen LogP contribution >= 0.6 is 12.4 Å². The van der Waals surface area contributed by atoms with Crippen molar-refractivity contribution in [1.29, 1.82) is 0 Å². The molecule has 0 bridgehead atoms. The van der Waals surface area contributed by atoms with E-state index in [1.54, 1.807) is 27.4 Å². The molecule has 0 aromatic heterocycles. The highest BCUT2D eigenvalue weighted by Gasteiger charge is 2.36. The predicted molar refractivity (Wildman–Crippen MR) is 113 cm³/mol. The van der Waals surface area contributed by atoms with Crippen molar-refractivity contribution >= 4 is 28.3 Å². The van der Waals surface area contributed by atoms with Crippen LogP contribution in [0.5, 0.6) is 0 Å². The number of hydrogen-bond acceptors (Lipinski definition) is 4. The lowest BCUT2D eigenvalue weighted by Crippen LogP contribution is -2.54. The van der Waals surface area contributed by atoms with Gasteiger partial charge in [-0.15, -0.1) is 12.4 Å². The number of rotatable bonds is 3. The first kappa shape index (κ1) is 23.1. The largest absolute Gasteiger partial charge is 0.338 e. The zero-order valence-electron chi connectivity index (χ0n) is 16.9. The first-order valence-corrected chi connectivity index (χ1v) is 11.2. The lowest BCUT2D eigenvalue weighted by molar-refractivity contribution is 0.0532. The molecule has 0 aliphatic carbocycles. The summed E-state index contributed by atoms with van der Waals surface area (Å²) in [5.74, 6) is -0.126. The summed E-state index contributed by atoms with van der Waals surface area (Å²) in [7, 11) is -3.59. The van der Waals surface area contributed by atoms with Crippen LogP contribution in [-0.2, 0) is 10.0 Å². The summed E-state index contributed by atoms with van der Waals surface area (Å²) >= 11 is 0. The number of nitrogens with zero attached hydrogens (tertiary/aromatic N) is 2. The van der Waals surface area contributed by atoms with Gasteiger partial charge in [-0.1, -0.05) is 26.3 Å². The topological polar surface area (TPSA) is 83.7 Å². The normalized spacial score (nSPS) is 25.8. The van der Waals surface area contributed by atoms with Crippen molar-refractivity contribution in [3.05, 3.63) is 29.8 Å². The lowest BCUT2D eigenvalue weighted by atomic mass is 9.79. The molecule has 0 saturated carbocycles. The van der Waals surface area contributed by atoms with Crippen LogP contribution < -0.4 is 5.73 Å². The fourth-order valence-corrected chi connectivity index (χ4v) is 5.83. The second kappa shape index (κ2) is 8.69. The number of amides is 1. The van der Waals surface area contributed by atoms with Gasteiger partial charge >= 0.3 is 0 Å². The van der Waals surface area contributed by atoms with Crippen molar-refractivity contribution in [2.24, 2.45) is 11.1 Å². The van der Waals surface area contributed by atoms with Gasteiger partial charge in [0.05, 0.1) is 4.90 Å². The van der Waals surface area contributed by atoms with Crippen LogP contribution in [-0.4, -0.2) is 55.2 Å². The number of likely N-dealkylation sites (tertiary alicyclic amines) is 1. The molecule has 2 atom stereocenters. The number of benzene rings is 1. The fourth-order valence-electron chi connectivity index (χ4n) is 4.08. The van der Waals surface area contributed by atoms with Crippen molar-refractivity contribution in [2.75, 3.05) is 19.6 Å². The number of carbonyl (C=O) groups is 1. The molecule has 3 rings (SSSR count). The van der Waals surface area contributed by atoms with E-state index in [4.69, 9.17) is 5.73 Å². The second-order valence-corrected chi connectivity index (χ2v) is 10.5. The van der Waals surface area contributed by atoms with Gasteiger partial charge in [0.25, 0.3) is 5.91 Å². The van der Waals surface area contributed by atoms with Crippen molar-refractivity contribution in [3.8, 4) is 0 Å². The third-order valence-corrected chi connectivity index (χ3v) is 8.04. The number of piperidine rings is 2. The molecular weight excluding hydrogens is 398 g/mol. The third kappa shape index (κ3) is 4.53. The molecule has 2 aliphatic rings. The van der Waals surface area contributed by atoms with Crippen LogP contribution in [0.15, 0.2) is 29.2 Å². The molecule has 158 valence electrons. The highest BCUT2D eigenvalue weighted by molar-refractivity contribution is 7.89. The molecule has 2 unspecified atom stereocenters. The van der Waals surface area contributed by atoms with E-state index in [1.165, 1.54) is 6.07 Å². The summed E-state index contributed by atoms with van der Waals surface area (Å²) in [6.45, 7) is 7.80. The van der Waals surface area contributed by atoms with E-state index in [0.717, 1.165) is 25.7 Å². The molecule has 2 fully saturated rings. The molecule has 1 aromatic carbocycles. The molecule has 2 saturated heterocycles. The minimum atomic E-state index is -3.59. The summed E-state index contributed by atoms with van der Waals surface area (Å²) in [5, 5.41) is 0. The average Bonchev–Trinajstić information content (AvgIpc) is 2.63. The van der Waals surface area contributed by atoms with Crippen LogP contribution in [0.2, 0.25) is 0 Å². The van der Waals surface area contributed by atoms with E-state index in [2.05, 4.69) is 13.8 Å². The fraction of sp³-hybridized carbons (Fsp3) is 0.650. The average molecular weight is 430 g/mol. The molecule has 0 radical (unpaired) electrons. The highest BCUT2D eigenvalue weighted by Crippen LogP contribution is 2.29. The Kier molecular flexibility index (Phi) is 7.18. The Bertz CT molecular complexity index is 813. The zero-order valence-corrected chi connectivity index (χ0v) is 18.6. The quantitative estimate of drug-likeness (QED) is 0.800. The molecule has 2 N–H and O–H groups in total. The molecular formula is C20H32ClN3O3S. The van der Waals surface area contributed by atoms with Crippen LogP contribution in [0.4, 0.5) is 0 Å². The van der Waals surface area contributed by atoms with Gasteiger partial charge in [-0.3, -0.25) is 4.79 Å². The highest BCUT2D eigenvalue weighted by atomic mass is 35.5. The Morgan fingerprint density at radius 3 is 2.54 bits per heavy atom. The van der Waals surface area contributed by atoms with Crippen LogP contribution in [0.3, 0.4) is 0 Å². The van der Waals surface area contributed by atoms with E-state index in [9.17, 15) is 13.2 Å². The Labute approximate surface area is 174 Å². The maximum atomic E-state index is 13.1. The summed E-state index contributed by atoms with van der Waals surface area (Å²) in [5.41, 5.74) is 6.44. The molecule has 8 heteroatoms. The van der Waals surface area contributed by atoms with E-state index < -0.39 is 10.0 Å². The standard InChI is InChI=1S/C20H31N3O3S.ClH/c1-15-7-4-5-11-23(15)27(25,26)17-9-6-8-16(13-17)19(24)22-12-10-18(21)20(2,3)14-22;/h6,8-9,13,15,18H,4-5,7,10-12,14,21H2,1-3H3;1H. The predicted octanol–water partition coefficient (Wildman–Crippen LogP) is 2.87. The number of sulfonamides is 1. The molecule has 6 nitrogen and oxygen atoms in total. The van der Waals surface area contributed by atoms with Crippen molar-refractivity contribution in [3.63, 3.8) is 0 Å². The Balaban J connectivity index is 0.00000280. The van der Waals surface area contributed by atoms with Gasteiger partial charge in [0.1, 0.15) is 0 Å². The number of hydrogen-bond donors (Lipinski definition) is 1. The van der Waals surface area contributed by atoms with Gasteiger partial charge in [0.15, 0.2) is 0 Å². The summed E-state index contributed by atoms with van der Waals surface area (Å²) in [6, 6.07) is 6.53. The van der Waals surface area contributed by atoms with Gasteiger partial charge in [0.2, 0.25) is 10.0 Å². The molecule has 2 heterocycles. The van der Waals surface area contributed by atoms with Crippen LogP contribution in [0.1, 0.15) is 56.8 Å². The van der Waals surface area contributed by atoms with Crippen molar-refractivity contribution in [1.82, 2.24) is 9.21 Å². The maximum Gasteiger partial charge on any atom is 0.253 e. The van der Waals surface area contributed by atoms with E-state index >= 15 is 0 Å². The van der Waals surface area contributed by atoms with Crippen molar-refractivity contribution < 1.29 is 13.2 Å². The number of carbonyl (C=O) groups excluding carboxylic acids is 1. The lowest BCUT2D eigenvalue weighted by Gasteiger charge is -2.42. The summed E-state index contributed by atoms with van der Waals surface area (Å²) in [6.07, 6.45) is 3.56. The van der Waals surface area contributed by atoms with Gasteiger partial charge in [-0.2, -0.15) is 4.31 Å². The summed E-state index contributed by atoms with van der Waals surface area (Å²) < 4.78 is 27.7. The van der Waals surface area contributed by atoms with E-state index in [-0.39, 0.29) is 40.7 Å². The van der Waals surface area contributed by atoms with E-state index in [1.807, 2.05) is 6.92 Å². The maximum absolute atomic E-state index is 13.1. The molecule has 0 spiro atoms. The van der Waals surface area contributed by atoms with Gasteiger partial charge in [0, 0.05) is 37.3 Å². The third-order valence-electron chi connectivity index (χ3n) is 6.03. The van der Waals surface area contributed by atoms with Gasteiger partial charge in [-0.05, 0) is 49.8 Å². The monoisotopic (exact) mass is 429 g/mol. The Hall–Kier alpha value is -1.15. The minimum Gasteiger partial charge on any atom is -0.338 e. The first-order valence-electron chi connectivity index (χ1n) is 9.80. The van der Waals surface area contributed by atoms with Gasteiger partial charge < -0.3 is 10.6 Å². The minimum absolute atomic E-state index is 0. The molecule has 1 aromatic rings. The zero-order chi connectivity index (χ0) is 19.8. The summed E-state index contributed by atoms with van der Waals surface area (Å²) in [4.78, 5) is 15.0. The second-order valence-electron chi connectivity index (χ2n) is 8.60. The smallest absolute Gasteiger partial charge is 0.253 e. The molecule has 2 aliphatic heterocycles. The van der Waals surface area contributed by atoms with E-state index in [0.29, 0.717) is 25.2 Å². The number of halogens is 1. The molecule has 1 amide bonds. The van der Waals surface area contributed by atoms with Gasteiger partial charge in [-0.25, -0.2) is 8.42 Å². The number of nitrogens with two attached hydrogens (primary N) is 1. The van der Waals surface area contributed by atoms with Crippen LogP contribution in [0.25, 0.3) is 0 Å². The molecule has 28 heavy (non-hydrogen) atoms. The van der Waals surface area contributed by atoms with Crippen LogP contribution in [0, 0.1) is 5.41 Å². The Morgan fingerprint density at radius 1 is 1.18 bits per heavy atom. The first-order chi connectivity index (χ1) is 12.6. The SMILES string of the molecule is CC1CCCCN1S(=O)(=O)c1cccc(C(=O)N2CCC(N)C(C)(C)C2)c1.Cl. The Morgan fingerprint density at radius 2 is 1.89 bits per heavy atom. The van der Waals surface area contributed by atoms with Crippen molar-refractivity contribution in [2.45, 2.75) is 63.4 Å².